The zero-order valence-corrected chi connectivity index (χ0v) is 10.9. The highest BCUT2D eigenvalue weighted by atomic mass is 14.9. The van der Waals surface area contributed by atoms with Gasteiger partial charge in [0.25, 0.3) is 0 Å². The average molecular weight is 242 g/mol. The predicted molar refractivity (Wildman–Crippen MR) is 71.7 cm³/mol. The first-order chi connectivity index (χ1) is 8.52. The molecule has 2 aromatic rings. The summed E-state index contributed by atoms with van der Waals surface area (Å²) in [6, 6.07) is 7.94. The van der Waals surface area contributed by atoms with Crippen LogP contribution in [-0.2, 0) is 0 Å². The molecule has 0 saturated heterocycles. The Kier molecular flexibility index (Phi) is 3.35. The van der Waals surface area contributed by atoms with E-state index in [0.717, 1.165) is 22.4 Å². The standard InChI is InChI=1S/C14H18N4/c1-8(2)11(7-15)14(16)10-4-5-12-13(6-10)18-9(3)17-12/h4-6,8,11,14H,16H2,1-3H3,(H,17,18). The fraction of sp³-hybridized carbons (Fsp3) is 0.429. The molecule has 0 aliphatic rings. The number of fused-ring (bicyclic) bond motifs is 1. The zero-order chi connectivity index (χ0) is 13.3. The molecule has 2 unspecified atom stereocenters. The minimum absolute atomic E-state index is 0.175. The van der Waals surface area contributed by atoms with Crippen molar-refractivity contribution in [2.75, 3.05) is 0 Å². The van der Waals surface area contributed by atoms with Crippen LogP contribution in [0.2, 0.25) is 0 Å². The molecule has 94 valence electrons. The lowest BCUT2D eigenvalue weighted by Crippen LogP contribution is -2.24. The number of nitrogens with zero attached hydrogens (tertiary/aromatic N) is 2. The number of benzene rings is 1. The van der Waals surface area contributed by atoms with E-state index in [-0.39, 0.29) is 17.9 Å². The van der Waals surface area contributed by atoms with Gasteiger partial charge in [-0.15, -0.1) is 0 Å². The predicted octanol–water partition coefficient (Wildman–Crippen LogP) is 2.67. The highest BCUT2D eigenvalue weighted by Crippen LogP contribution is 2.27. The molecule has 1 aromatic carbocycles. The molecule has 18 heavy (non-hydrogen) atoms. The van der Waals surface area contributed by atoms with Crippen LogP contribution >= 0.6 is 0 Å². The second kappa shape index (κ2) is 4.79. The molecule has 0 amide bonds. The third-order valence-corrected chi connectivity index (χ3v) is 3.26. The maximum atomic E-state index is 9.20. The number of rotatable bonds is 3. The first kappa shape index (κ1) is 12.6. The molecular formula is C14H18N4. The monoisotopic (exact) mass is 242 g/mol. The minimum Gasteiger partial charge on any atom is -0.342 e. The summed E-state index contributed by atoms with van der Waals surface area (Å²) in [7, 11) is 0. The van der Waals surface area contributed by atoms with Crippen molar-refractivity contribution in [2.24, 2.45) is 17.6 Å². The van der Waals surface area contributed by atoms with E-state index in [1.165, 1.54) is 0 Å². The molecule has 2 atom stereocenters. The Balaban J connectivity index is 2.38. The van der Waals surface area contributed by atoms with Gasteiger partial charge in [-0.3, -0.25) is 0 Å². The van der Waals surface area contributed by atoms with E-state index in [0.29, 0.717) is 0 Å². The molecule has 1 heterocycles. The van der Waals surface area contributed by atoms with Crippen LogP contribution in [0.3, 0.4) is 0 Å². The van der Waals surface area contributed by atoms with Crippen molar-refractivity contribution in [1.29, 1.82) is 5.26 Å². The largest absolute Gasteiger partial charge is 0.342 e. The molecule has 0 aliphatic heterocycles. The van der Waals surface area contributed by atoms with Gasteiger partial charge in [0.2, 0.25) is 0 Å². The number of aromatic amines is 1. The van der Waals surface area contributed by atoms with Gasteiger partial charge in [-0.2, -0.15) is 5.26 Å². The number of hydrogen-bond acceptors (Lipinski definition) is 3. The first-order valence-electron chi connectivity index (χ1n) is 6.14. The van der Waals surface area contributed by atoms with Crippen LogP contribution in [0.25, 0.3) is 11.0 Å². The molecule has 3 N–H and O–H groups in total. The van der Waals surface area contributed by atoms with Crippen LogP contribution in [0.4, 0.5) is 0 Å². The zero-order valence-electron chi connectivity index (χ0n) is 10.9. The molecular weight excluding hydrogens is 224 g/mol. The van der Waals surface area contributed by atoms with Gasteiger partial charge in [-0.1, -0.05) is 19.9 Å². The number of imidazole rings is 1. The molecule has 0 saturated carbocycles. The number of aryl methyl sites for hydroxylation is 1. The Morgan fingerprint density at radius 2 is 2.11 bits per heavy atom. The molecule has 1 aromatic heterocycles. The van der Waals surface area contributed by atoms with E-state index in [2.05, 4.69) is 16.0 Å². The Hall–Kier alpha value is -1.86. The summed E-state index contributed by atoms with van der Waals surface area (Å²) in [4.78, 5) is 7.54. The SMILES string of the molecule is Cc1nc2ccc(C(N)C(C#N)C(C)C)cc2[nH]1. The third-order valence-electron chi connectivity index (χ3n) is 3.26. The van der Waals surface area contributed by atoms with Gasteiger partial charge in [0.15, 0.2) is 0 Å². The van der Waals surface area contributed by atoms with Crippen LogP contribution in [0, 0.1) is 30.1 Å². The number of hydrogen-bond donors (Lipinski definition) is 2. The lowest BCUT2D eigenvalue weighted by molar-refractivity contribution is 0.404. The van der Waals surface area contributed by atoms with Crippen LogP contribution < -0.4 is 5.73 Å². The normalized spacial score (nSPS) is 14.7. The molecule has 0 aliphatic carbocycles. The number of H-pyrrole nitrogens is 1. The van der Waals surface area contributed by atoms with Gasteiger partial charge in [0, 0.05) is 6.04 Å². The van der Waals surface area contributed by atoms with Crippen molar-refractivity contribution in [3.05, 3.63) is 29.6 Å². The second-order valence-electron chi connectivity index (χ2n) is 5.02. The van der Waals surface area contributed by atoms with E-state index in [9.17, 15) is 5.26 Å². The molecule has 2 rings (SSSR count). The summed E-state index contributed by atoms with van der Waals surface area (Å²) in [5.74, 6) is 0.951. The minimum atomic E-state index is -0.261. The van der Waals surface area contributed by atoms with E-state index in [1.54, 1.807) is 0 Å². The molecule has 0 spiro atoms. The van der Waals surface area contributed by atoms with E-state index in [4.69, 9.17) is 5.73 Å². The quantitative estimate of drug-likeness (QED) is 0.868. The lowest BCUT2D eigenvalue weighted by atomic mass is 9.86. The van der Waals surface area contributed by atoms with E-state index >= 15 is 0 Å². The summed E-state index contributed by atoms with van der Waals surface area (Å²) in [6.45, 7) is 5.96. The fourth-order valence-electron chi connectivity index (χ4n) is 2.21. The average Bonchev–Trinajstić information content (AvgIpc) is 2.68. The van der Waals surface area contributed by atoms with Crippen molar-refractivity contribution >= 4 is 11.0 Å². The highest BCUT2D eigenvalue weighted by Gasteiger charge is 2.22. The lowest BCUT2D eigenvalue weighted by Gasteiger charge is -2.21. The third kappa shape index (κ3) is 2.22. The van der Waals surface area contributed by atoms with Crippen molar-refractivity contribution < 1.29 is 0 Å². The number of nitriles is 1. The highest BCUT2D eigenvalue weighted by molar-refractivity contribution is 5.76. The number of nitrogens with two attached hydrogens (primary N) is 1. The van der Waals surface area contributed by atoms with E-state index in [1.807, 2.05) is 39.0 Å². The molecule has 0 radical (unpaired) electrons. The van der Waals surface area contributed by atoms with Crippen LogP contribution in [0.15, 0.2) is 18.2 Å². The van der Waals surface area contributed by atoms with Crippen molar-refractivity contribution in [3.63, 3.8) is 0 Å². The van der Waals surface area contributed by atoms with Gasteiger partial charge < -0.3 is 10.7 Å². The van der Waals surface area contributed by atoms with Crippen molar-refractivity contribution in [3.8, 4) is 6.07 Å². The van der Waals surface area contributed by atoms with Gasteiger partial charge in [-0.05, 0) is 30.5 Å². The Morgan fingerprint density at radius 1 is 1.39 bits per heavy atom. The van der Waals surface area contributed by atoms with Crippen LogP contribution in [0.5, 0.6) is 0 Å². The van der Waals surface area contributed by atoms with Crippen LogP contribution in [-0.4, -0.2) is 9.97 Å². The molecule has 0 bridgehead atoms. The maximum Gasteiger partial charge on any atom is 0.104 e. The summed E-state index contributed by atoms with van der Waals surface area (Å²) < 4.78 is 0. The Labute approximate surface area is 107 Å². The Morgan fingerprint density at radius 3 is 2.72 bits per heavy atom. The second-order valence-corrected chi connectivity index (χ2v) is 5.02. The van der Waals surface area contributed by atoms with Gasteiger partial charge >= 0.3 is 0 Å². The van der Waals surface area contributed by atoms with Crippen molar-refractivity contribution in [2.45, 2.75) is 26.8 Å². The number of nitrogens with one attached hydrogen (secondary N) is 1. The van der Waals surface area contributed by atoms with Gasteiger partial charge in [-0.25, -0.2) is 4.98 Å². The van der Waals surface area contributed by atoms with Gasteiger partial charge in [0.05, 0.1) is 23.0 Å². The molecule has 4 heteroatoms. The topological polar surface area (TPSA) is 78.5 Å². The summed E-state index contributed by atoms with van der Waals surface area (Å²) >= 11 is 0. The maximum absolute atomic E-state index is 9.20. The summed E-state index contributed by atoms with van der Waals surface area (Å²) in [5.41, 5.74) is 9.07. The summed E-state index contributed by atoms with van der Waals surface area (Å²) in [5, 5.41) is 9.20. The number of aromatic nitrogens is 2. The smallest absolute Gasteiger partial charge is 0.104 e. The van der Waals surface area contributed by atoms with Crippen molar-refractivity contribution in [1.82, 2.24) is 9.97 Å². The fourth-order valence-corrected chi connectivity index (χ4v) is 2.21. The van der Waals surface area contributed by atoms with Gasteiger partial charge in [0.1, 0.15) is 5.82 Å². The van der Waals surface area contributed by atoms with E-state index < -0.39 is 0 Å². The van der Waals surface area contributed by atoms with Crippen LogP contribution in [0.1, 0.15) is 31.3 Å². The molecule has 0 fully saturated rings. The first-order valence-corrected chi connectivity index (χ1v) is 6.14. The molecule has 4 nitrogen and oxygen atoms in total. The Bertz CT molecular complexity index is 591. The summed E-state index contributed by atoms with van der Waals surface area (Å²) in [6.07, 6.45) is 0.